The van der Waals surface area contributed by atoms with Gasteiger partial charge in [0.25, 0.3) is 0 Å². The van der Waals surface area contributed by atoms with Gasteiger partial charge in [-0.3, -0.25) is 0 Å². The smallest absolute Gasteiger partial charge is 0.332 e. The number of hydrogen-bond donors (Lipinski definition) is 6. The average Bonchev–Trinajstić information content (AvgIpc) is 2.29. The Kier molecular flexibility index (Phi) is 12.8. The van der Waals surface area contributed by atoms with Crippen LogP contribution in [0.4, 0.5) is 0 Å². The minimum atomic E-state index is -1.23. The Labute approximate surface area is 98.7 Å². The highest BCUT2D eigenvalue weighted by molar-refractivity contribution is 5.71. The maximum absolute atomic E-state index is 9.45. The molecule has 8 heteroatoms. The number of carboxylic acid groups (broad SMARTS) is 1. The van der Waals surface area contributed by atoms with Crippen molar-refractivity contribution in [2.24, 2.45) is 0 Å². The van der Waals surface area contributed by atoms with E-state index in [0.29, 0.717) is 0 Å². The molecule has 0 bridgehead atoms. The van der Waals surface area contributed by atoms with Crippen LogP contribution >= 0.6 is 0 Å². The molecule has 0 saturated carbocycles. The number of aliphatic carboxylic acids is 1. The van der Waals surface area contributed by atoms with E-state index in [4.69, 9.17) is 35.4 Å². The van der Waals surface area contributed by atoms with Gasteiger partial charge in [0, 0.05) is 0 Å². The number of ether oxygens (including phenoxy) is 1. The number of aliphatic hydroxyl groups excluding tert-OH is 5. The first kappa shape index (κ1) is 18.6. The molecule has 104 valence electrons. The zero-order chi connectivity index (χ0) is 13.8. The SMILES string of the molecule is CC(O)C(=O)O.OCC(O)COCC(O)CO. The zero-order valence-electron chi connectivity index (χ0n) is 9.56. The van der Waals surface area contributed by atoms with E-state index >= 15 is 0 Å². The van der Waals surface area contributed by atoms with Crippen molar-refractivity contribution in [3.8, 4) is 0 Å². The van der Waals surface area contributed by atoms with Gasteiger partial charge in [-0.2, -0.15) is 0 Å². The monoisotopic (exact) mass is 256 g/mol. The molecule has 0 amide bonds. The second-order valence-corrected chi connectivity index (χ2v) is 3.22. The highest BCUT2D eigenvalue weighted by atomic mass is 16.5. The molecule has 6 N–H and O–H groups in total. The third kappa shape index (κ3) is 15.2. The van der Waals surface area contributed by atoms with Crippen LogP contribution < -0.4 is 0 Å². The standard InChI is InChI=1S/C6H14O5.C3H6O3/c7-1-5(9)3-11-4-6(10)2-8;1-2(4)3(5)6/h5-10H,1-4H2;2,4H,1H3,(H,5,6). The summed E-state index contributed by atoms with van der Waals surface area (Å²) in [5, 5.41) is 49.9. The summed E-state index contributed by atoms with van der Waals surface area (Å²) in [7, 11) is 0. The number of aliphatic hydroxyl groups is 5. The Bertz CT molecular complexity index is 174. The quantitative estimate of drug-likeness (QED) is 0.285. The minimum Gasteiger partial charge on any atom is -0.479 e. The van der Waals surface area contributed by atoms with Crippen molar-refractivity contribution >= 4 is 5.97 Å². The molecule has 0 spiro atoms. The molecule has 0 aromatic heterocycles. The van der Waals surface area contributed by atoms with Crippen LogP contribution in [-0.2, 0) is 9.53 Å². The largest absolute Gasteiger partial charge is 0.479 e. The van der Waals surface area contributed by atoms with Crippen molar-refractivity contribution in [2.45, 2.75) is 25.2 Å². The molecule has 0 aromatic rings. The second kappa shape index (κ2) is 11.7. The third-order valence-corrected chi connectivity index (χ3v) is 1.40. The summed E-state index contributed by atoms with van der Waals surface area (Å²) in [4.78, 5) is 9.45. The van der Waals surface area contributed by atoms with Crippen molar-refractivity contribution in [3.63, 3.8) is 0 Å². The van der Waals surface area contributed by atoms with E-state index in [0.717, 1.165) is 0 Å². The van der Waals surface area contributed by atoms with E-state index in [1.807, 2.05) is 0 Å². The van der Waals surface area contributed by atoms with Gasteiger partial charge in [-0.25, -0.2) is 4.79 Å². The van der Waals surface area contributed by atoms with Gasteiger partial charge in [-0.1, -0.05) is 0 Å². The number of carbonyl (C=O) groups is 1. The molecular weight excluding hydrogens is 236 g/mol. The lowest BCUT2D eigenvalue weighted by Crippen LogP contribution is -2.25. The van der Waals surface area contributed by atoms with Crippen molar-refractivity contribution < 1.29 is 40.2 Å². The summed E-state index contributed by atoms with van der Waals surface area (Å²) in [6.07, 6.45) is -3.06. The van der Waals surface area contributed by atoms with Crippen molar-refractivity contribution in [2.75, 3.05) is 26.4 Å². The van der Waals surface area contributed by atoms with Crippen molar-refractivity contribution in [1.82, 2.24) is 0 Å². The van der Waals surface area contributed by atoms with Crippen molar-refractivity contribution in [1.29, 1.82) is 0 Å². The molecule has 0 aromatic carbocycles. The average molecular weight is 256 g/mol. The minimum absolute atomic E-state index is 0.0342. The lowest BCUT2D eigenvalue weighted by molar-refractivity contribution is -0.145. The number of hydrogen-bond acceptors (Lipinski definition) is 7. The summed E-state index contributed by atoms with van der Waals surface area (Å²) in [5.41, 5.74) is 0. The first-order valence-corrected chi connectivity index (χ1v) is 4.91. The van der Waals surface area contributed by atoms with Gasteiger partial charge < -0.3 is 35.4 Å². The molecule has 0 aliphatic rings. The van der Waals surface area contributed by atoms with Crippen LogP contribution in [0.1, 0.15) is 6.92 Å². The molecule has 0 fully saturated rings. The van der Waals surface area contributed by atoms with E-state index in [9.17, 15) is 4.79 Å². The maximum Gasteiger partial charge on any atom is 0.332 e. The van der Waals surface area contributed by atoms with Crippen LogP contribution in [0.3, 0.4) is 0 Å². The molecule has 3 atom stereocenters. The molecule has 0 saturated heterocycles. The van der Waals surface area contributed by atoms with Crippen LogP contribution in [0, 0.1) is 0 Å². The van der Waals surface area contributed by atoms with Gasteiger partial charge in [-0.15, -0.1) is 0 Å². The molecule has 3 unspecified atom stereocenters. The molecule has 8 nitrogen and oxygen atoms in total. The Morgan fingerprint density at radius 3 is 1.53 bits per heavy atom. The molecule has 0 heterocycles. The summed E-state index contributed by atoms with van der Waals surface area (Å²) < 4.78 is 4.72. The first-order chi connectivity index (χ1) is 7.84. The van der Waals surface area contributed by atoms with Crippen molar-refractivity contribution in [3.05, 3.63) is 0 Å². The molecular formula is C9H20O8. The third-order valence-electron chi connectivity index (χ3n) is 1.40. The van der Waals surface area contributed by atoms with E-state index in [-0.39, 0.29) is 26.4 Å². The van der Waals surface area contributed by atoms with E-state index in [2.05, 4.69) is 0 Å². The fraction of sp³-hybridized carbons (Fsp3) is 0.889. The van der Waals surface area contributed by atoms with Gasteiger partial charge in [0.2, 0.25) is 0 Å². The van der Waals surface area contributed by atoms with Crippen LogP contribution in [0.2, 0.25) is 0 Å². The van der Waals surface area contributed by atoms with E-state index in [1.165, 1.54) is 6.92 Å². The Hall–Kier alpha value is -0.770. The lowest BCUT2D eigenvalue weighted by atomic mass is 10.4. The summed E-state index contributed by atoms with van der Waals surface area (Å²) >= 11 is 0. The second-order valence-electron chi connectivity index (χ2n) is 3.22. The maximum atomic E-state index is 9.45. The summed E-state index contributed by atoms with van der Waals surface area (Å²) in [6.45, 7) is 0.397. The normalized spacial score (nSPS) is 15.4. The van der Waals surface area contributed by atoms with Gasteiger partial charge in [-0.05, 0) is 6.92 Å². The van der Waals surface area contributed by atoms with Crippen LogP contribution in [0.5, 0.6) is 0 Å². The fourth-order valence-corrected chi connectivity index (χ4v) is 0.446. The molecule has 0 aliphatic carbocycles. The number of carboxylic acids is 1. The summed E-state index contributed by atoms with van der Waals surface area (Å²) in [6, 6.07) is 0. The van der Waals surface area contributed by atoms with Gasteiger partial charge in [0.15, 0.2) is 0 Å². The predicted octanol–water partition coefficient (Wildman–Crippen LogP) is -2.84. The van der Waals surface area contributed by atoms with Gasteiger partial charge in [0.1, 0.15) is 18.3 Å². The molecule has 0 aliphatic heterocycles. The van der Waals surface area contributed by atoms with Crippen LogP contribution in [0.25, 0.3) is 0 Å². The van der Waals surface area contributed by atoms with Crippen LogP contribution in [-0.4, -0.2) is 81.3 Å². The zero-order valence-corrected chi connectivity index (χ0v) is 9.56. The van der Waals surface area contributed by atoms with E-state index < -0.39 is 24.3 Å². The Morgan fingerprint density at radius 2 is 1.35 bits per heavy atom. The Balaban J connectivity index is 0. The lowest BCUT2D eigenvalue weighted by Gasteiger charge is -2.10. The molecule has 0 radical (unpaired) electrons. The fourth-order valence-electron chi connectivity index (χ4n) is 0.446. The molecule has 0 rings (SSSR count). The molecule has 17 heavy (non-hydrogen) atoms. The highest BCUT2D eigenvalue weighted by Crippen LogP contribution is 1.87. The topological polar surface area (TPSA) is 148 Å². The van der Waals surface area contributed by atoms with Gasteiger partial charge in [0.05, 0.1) is 26.4 Å². The van der Waals surface area contributed by atoms with E-state index in [1.54, 1.807) is 0 Å². The Morgan fingerprint density at radius 1 is 1.06 bits per heavy atom. The first-order valence-electron chi connectivity index (χ1n) is 4.91. The number of rotatable bonds is 7. The highest BCUT2D eigenvalue weighted by Gasteiger charge is 2.05. The van der Waals surface area contributed by atoms with Gasteiger partial charge >= 0.3 is 5.97 Å². The van der Waals surface area contributed by atoms with Crippen LogP contribution in [0.15, 0.2) is 0 Å². The predicted molar refractivity (Wildman–Crippen MR) is 56.3 cm³/mol. The summed E-state index contributed by atoms with van der Waals surface area (Å²) in [5.74, 6) is -1.19.